The molecule has 0 saturated carbocycles. The van der Waals surface area contributed by atoms with Crippen molar-refractivity contribution in [3.63, 3.8) is 0 Å². The van der Waals surface area contributed by atoms with Crippen LogP contribution in [0.4, 0.5) is 0 Å². The molecule has 2 unspecified atom stereocenters. The molecule has 7 rings (SSSR count). The van der Waals surface area contributed by atoms with Crippen molar-refractivity contribution in [2.24, 2.45) is 94.7 Å². The minimum absolute atomic E-state index is 0.693. The SMILES string of the molecule is CC(C)C1CCCN(C(C)C)C1.CC(C)C1CCN(C(C)C)C1.CC(C)C1CCN(C(C)C)CC1.CC(C)CCN(C)C(C)C.CC(C)CCN(C)C(C)C.CC(C)[C@@H]1CCCN(C(C)C)C1.CC(C)[C@@H]1CCN(C(C)C)C1.CC(C)[C@H]1CCCN(C(C)C)C1.CC(C)[C@H]1CCN(C(C)C)C1. The lowest BCUT2D eigenvalue weighted by atomic mass is 9.86. The van der Waals surface area contributed by atoms with E-state index in [0.717, 1.165) is 137 Å². The number of piperidine rings is 4. The molecule has 7 aliphatic heterocycles. The molecule has 7 aliphatic rings. The van der Waals surface area contributed by atoms with Crippen LogP contribution in [-0.4, -0.2) is 217 Å². The number of hydrogen-bond donors (Lipinski definition) is 0. The van der Waals surface area contributed by atoms with Crippen molar-refractivity contribution < 1.29 is 0 Å². The van der Waals surface area contributed by atoms with E-state index in [-0.39, 0.29) is 0 Å². The molecule has 6 atom stereocenters. The highest BCUT2D eigenvalue weighted by Crippen LogP contribution is 2.30. The van der Waals surface area contributed by atoms with Crippen molar-refractivity contribution in [1.82, 2.24) is 44.1 Å². The standard InChI is InChI=1S/4C11H23N.3C10H21N.2C9H21N/c1-9(2)11-5-7-12(8-6-11)10(3)4;3*1-9(2)11-6-5-7-12(8-11)10(3)4;3*1-8(2)10-5-6-11(7-10)9(3)4;2*1-8(2)6-7-10(5)9(3)4/h4*9-11H,5-8H2,1-4H3;3*8-10H,5-7H2,1-4H3;2*8-9H,6-7H2,1-5H3/t;2*11-;;2*10-;;;/m.10.10.../s1. The van der Waals surface area contributed by atoms with Gasteiger partial charge in [0.1, 0.15) is 0 Å². The molecular formula is C92H197N9. The summed E-state index contributed by atoms with van der Waals surface area (Å²) in [5.41, 5.74) is 0. The number of likely N-dealkylation sites (tertiary alicyclic amines) is 7. The number of hydrogen-bond acceptors (Lipinski definition) is 9. The molecule has 0 amide bonds. The number of rotatable bonds is 22. The molecule has 0 aromatic carbocycles. The summed E-state index contributed by atoms with van der Waals surface area (Å²) >= 11 is 0. The second-order valence-electron chi connectivity index (χ2n) is 39.6. The van der Waals surface area contributed by atoms with E-state index in [1.54, 1.807) is 0 Å². The van der Waals surface area contributed by atoms with Gasteiger partial charge in [0.15, 0.2) is 0 Å². The second kappa shape index (κ2) is 56.8. The van der Waals surface area contributed by atoms with E-state index in [1.165, 1.54) is 188 Å². The van der Waals surface area contributed by atoms with Gasteiger partial charge in [-0.25, -0.2) is 0 Å². The molecule has 7 fully saturated rings. The quantitative estimate of drug-likeness (QED) is 0.105. The molecule has 7 heterocycles. The summed E-state index contributed by atoms with van der Waals surface area (Å²) in [4.78, 5) is 23.0. The van der Waals surface area contributed by atoms with Gasteiger partial charge in [-0.2, -0.15) is 0 Å². The van der Waals surface area contributed by atoms with Crippen LogP contribution in [0.5, 0.6) is 0 Å². The molecule has 0 aromatic rings. The van der Waals surface area contributed by atoms with Crippen molar-refractivity contribution in [3.05, 3.63) is 0 Å². The Labute approximate surface area is 641 Å². The third-order valence-corrected chi connectivity index (χ3v) is 25.4. The summed E-state index contributed by atoms with van der Waals surface area (Å²) in [6.45, 7) is 104. The number of nitrogens with zero attached hydrogens (tertiary/aromatic N) is 9. The zero-order valence-electron chi connectivity index (χ0n) is 77.0. The van der Waals surface area contributed by atoms with E-state index in [1.807, 2.05) is 0 Å². The van der Waals surface area contributed by atoms with Gasteiger partial charge in [0, 0.05) is 93.6 Å². The zero-order chi connectivity index (χ0) is 78.1. The smallest absolute Gasteiger partial charge is 0.00387 e. The highest BCUT2D eigenvalue weighted by Gasteiger charge is 2.30. The summed E-state index contributed by atoms with van der Waals surface area (Å²) in [5.74, 6) is 14.5. The summed E-state index contributed by atoms with van der Waals surface area (Å²) in [6, 6.07) is 6.61. The summed E-state index contributed by atoms with van der Waals surface area (Å²) in [6.07, 6.45) is 18.2. The molecule has 9 heteroatoms. The third kappa shape index (κ3) is 48.0. The van der Waals surface area contributed by atoms with Gasteiger partial charge in [0.25, 0.3) is 0 Å². The Morgan fingerprint density at radius 3 is 0.535 bits per heavy atom. The van der Waals surface area contributed by atoms with Gasteiger partial charge in [-0.1, -0.05) is 125 Å². The molecular weight excluding hydrogens is 1230 g/mol. The maximum atomic E-state index is 2.62. The van der Waals surface area contributed by atoms with Crippen LogP contribution in [0.3, 0.4) is 0 Å². The fourth-order valence-corrected chi connectivity index (χ4v) is 15.2. The van der Waals surface area contributed by atoms with Crippen LogP contribution in [0.25, 0.3) is 0 Å². The van der Waals surface area contributed by atoms with Crippen LogP contribution in [0, 0.1) is 94.7 Å². The summed E-state index contributed by atoms with van der Waals surface area (Å²) in [7, 11) is 4.38. The van der Waals surface area contributed by atoms with Gasteiger partial charge in [0.05, 0.1) is 0 Å². The van der Waals surface area contributed by atoms with Gasteiger partial charge in [-0.15, -0.1) is 0 Å². The predicted octanol–water partition coefficient (Wildman–Crippen LogP) is 22.9. The predicted molar refractivity (Wildman–Crippen MR) is 460 cm³/mol. The minimum Gasteiger partial charge on any atom is -0.304 e. The fourth-order valence-electron chi connectivity index (χ4n) is 15.2. The van der Waals surface area contributed by atoms with Crippen LogP contribution in [-0.2, 0) is 0 Å². The van der Waals surface area contributed by atoms with Gasteiger partial charge >= 0.3 is 0 Å². The minimum atomic E-state index is 0.693. The first-order chi connectivity index (χ1) is 46.8. The van der Waals surface area contributed by atoms with E-state index < -0.39 is 0 Å². The molecule has 9 nitrogen and oxygen atoms in total. The topological polar surface area (TPSA) is 29.2 Å². The lowest BCUT2D eigenvalue weighted by Crippen LogP contribution is -2.41. The van der Waals surface area contributed by atoms with Gasteiger partial charge in [-0.05, 0) is 382 Å². The monoisotopic (exact) mass is 1430 g/mol. The van der Waals surface area contributed by atoms with Crippen LogP contribution in [0.1, 0.15) is 333 Å². The normalized spacial score (nSPS) is 23.6. The largest absolute Gasteiger partial charge is 0.304 e. The Morgan fingerprint density at radius 2 is 0.386 bits per heavy atom. The van der Waals surface area contributed by atoms with Crippen molar-refractivity contribution in [2.45, 2.75) is 387 Å². The Morgan fingerprint density at radius 1 is 0.218 bits per heavy atom. The highest BCUT2D eigenvalue weighted by molar-refractivity contribution is 4.84. The van der Waals surface area contributed by atoms with Crippen molar-refractivity contribution in [2.75, 3.05) is 119 Å². The maximum absolute atomic E-state index is 2.62. The summed E-state index contributed by atoms with van der Waals surface area (Å²) < 4.78 is 0. The van der Waals surface area contributed by atoms with E-state index in [2.05, 4.69) is 307 Å². The van der Waals surface area contributed by atoms with Gasteiger partial charge in [-0.3, -0.25) is 0 Å². The Balaban J connectivity index is 0. The Kier molecular flexibility index (Phi) is 57.8. The van der Waals surface area contributed by atoms with Crippen LogP contribution >= 0.6 is 0 Å². The lowest BCUT2D eigenvalue weighted by molar-refractivity contribution is 0.117. The van der Waals surface area contributed by atoms with Gasteiger partial charge < -0.3 is 44.1 Å². The van der Waals surface area contributed by atoms with Crippen molar-refractivity contribution in [1.29, 1.82) is 0 Å². The third-order valence-electron chi connectivity index (χ3n) is 25.4. The average molecular weight is 1430 g/mol. The van der Waals surface area contributed by atoms with Crippen molar-refractivity contribution >= 4 is 0 Å². The highest BCUT2D eigenvalue weighted by atomic mass is 15.2. The lowest BCUT2D eigenvalue weighted by Gasteiger charge is -2.37. The van der Waals surface area contributed by atoms with Crippen LogP contribution in [0.15, 0.2) is 0 Å². The molecule has 101 heavy (non-hydrogen) atoms. The van der Waals surface area contributed by atoms with E-state index >= 15 is 0 Å². The molecule has 0 N–H and O–H groups in total. The van der Waals surface area contributed by atoms with Crippen molar-refractivity contribution in [3.8, 4) is 0 Å². The molecule has 0 aliphatic carbocycles. The summed E-state index contributed by atoms with van der Waals surface area (Å²) in [5, 5.41) is 0. The Bertz CT molecular complexity index is 1570. The molecule has 0 aromatic heterocycles. The van der Waals surface area contributed by atoms with Gasteiger partial charge in [0.2, 0.25) is 0 Å². The second-order valence-corrected chi connectivity index (χ2v) is 39.6. The molecule has 7 saturated heterocycles. The van der Waals surface area contributed by atoms with Crippen LogP contribution < -0.4 is 0 Å². The zero-order valence-corrected chi connectivity index (χ0v) is 77.0. The Hall–Kier alpha value is -0.360. The molecule has 610 valence electrons. The average Bonchev–Trinajstić information content (AvgIpc) is 1.74. The first-order valence-corrected chi connectivity index (χ1v) is 44.4. The molecule has 0 spiro atoms. The fraction of sp³-hybridized carbons (Fsp3) is 1.00. The van der Waals surface area contributed by atoms with Crippen LogP contribution in [0.2, 0.25) is 0 Å². The first kappa shape index (κ1) is 103. The first-order valence-electron chi connectivity index (χ1n) is 44.4. The molecule has 0 radical (unpaired) electrons. The van der Waals surface area contributed by atoms with E-state index in [9.17, 15) is 0 Å². The molecule has 0 bridgehead atoms. The maximum Gasteiger partial charge on any atom is 0.00387 e. The van der Waals surface area contributed by atoms with E-state index in [4.69, 9.17) is 0 Å². The van der Waals surface area contributed by atoms with E-state index in [0.29, 0.717) is 12.1 Å².